The molecule has 2 rings (SSSR count). The van der Waals surface area contributed by atoms with E-state index in [0.717, 1.165) is 30.1 Å². The van der Waals surface area contributed by atoms with Gasteiger partial charge in [-0.3, -0.25) is 4.79 Å². The summed E-state index contributed by atoms with van der Waals surface area (Å²) in [7, 11) is 0. The molecule has 0 saturated carbocycles. The van der Waals surface area contributed by atoms with Gasteiger partial charge in [0.15, 0.2) is 0 Å². The molecule has 2 N–H and O–H groups in total. The van der Waals surface area contributed by atoms with Gasteiger partial charge in [0, 0.05) is 30.3 Å². The highest BCUT2D eigenvalue weighted by molar-refractivity contribution is 7.11. The Morgan fingerprint density at radius 3 is 2.75 bits per heavy atom. The van der Waals surface area contributed by atoms with Crippen LogP contribution in [0.15, 0.2) is 0 Å². The van der Waals surface area contributed by atoms with Crippen LogP contribution >= 0.6 is 36.2 Å². The standard InChI is InChI=1S/C13H21N3OS.2ClH/c1-9-10(2)18-13(16-9)5-7-15-12(17)8-11-4-3-6-14-11;;/h11,14H,3-8H2,1-2H3,(H,15,17);2*1H. The van der Waals surface area contributed by atoms with E-state index in [1.54, 1.807) is 11.3 Å². The molecule has 1 aliphatic heterocycles. The smallest absolute Gasteiger partial charge is 0.221 e. The van der Waals surface area contributed by atoms with E-state index in [1.807, 2.05) is 6.92 Å². The average molecular weight is 340 g/mol. The minimum Gasteiger partial charge on any atom is -0.356 e. The molecule has 0 bridgehead atoms. The molecule has 1 saturated heterocycles. The molecule has 20 heavy (non-hydrogen) atoms. The highest BCUT2D eigenvalue weighted by Gasteiger charge is 2.17. The minimum atomic E-state index is 0. The summed E-state index contributed by atoms with van der Waals surface area (Å²) in [5.74, 6) is 0.152. The maximum Gasteiger partial charge on any atom is 0.221 e. The van der Waals surface area contributed by atoms with E-state index in [1.165, 1.54) is 11.3 Å². The van der Waals surface area contributed by atoms with Crippen LogP contribution in [0.3, 0.4) is 0 Å². The van der Waals surface area contributed by atoms with Gasteiger partial charge in [0.25, 0.3) is 0 Å². The van der Waals surface area contributed by atoms with Gasteiger partial charge in [-0.2, -0.15) is 0 Å². The van der Waals surface area contributed by atoms with Crippen LogP contribution in [0, 0.1) is 13.8 Å². The molecule has 4 nitrogen and oxygen atoms in total. The monoisotopic (exact) mass is 339 g/mol. The van der Waals surface area contributed by atoms with Crippen molar-refractivity contribution in [3.8, 4) is 0 Å². The Hall–Kier alpha value is -0.360. The lowest BCUT2D eigenvalue weighted by Crippen LogP contribution is -2.32. The molecule has 0 spiro atoms. The van der Waals surface area contributed by atoms with Crippen LogP contribution in [0.4, 0.5) is 0 Å². The van der Waals surface area contributed by atoms with Gasteiger partial charge in [0.05, 0.1) is 10.7 Å². The first-order valence-electron chi connectivity index (χ1n) is 6.58. The molecule has 1 aliphatic rings. The van der Waals surface area contributed by atoms with E-state index in [-0.39, 0.29) is 30.7 Å². The van der Waals surface area contributed by atoms with Crippen LogP contribution in [0.5, 0.6) is 0 Å². The van der Waals surface area contributed by atoms with Gasteiger partial charge in [-0.25, -0.2) is 4.98 Å². The maximum absolute atomic E-state index is 11.7. The zero-order chi connectivity index (χ0) is 13.0. The van der Waals surface area contributed by atoms with Gasteiger partial charge >= 0.3 is 0 Å². The number of rotatable bonds is 5. The van der Waals surface area contributed by atoms with E-state index >= 15 is 0 Å². The first kappa shape index (κ1) is 19.6. The number of hydrogen-bond donors (Lipinski definition) is 2. The number of aryl methyl sites for hydroxylation is 2. The van der Waals surface area contributed by atoms with Gasteiger partial charge in [0.2, 0.25) is 5.91 Å². The maximum atomic E-state index is 11.7. The number of hydrogen-bond acceptors (Lipinski definition) is 4. The predicted octanol–water partition coefficient (Wildman–Crippen LogP) is 2.40. The molecule has 1 atom stereocenters. The molecule has 7 heteroatoms. The molecular weight excluding hydrogens is 317 g/mol. The zero-order valence-corrected chi connectivity index (χ0v) is 14.3. The van der Waals surface area contributed by atoms with Crippen molar-refractivity contribution in [1.29, 1.82) is 0 Å². The fourth-order valence-electron chi connectivity index (χ4n) is 2.18. The lowest BCUT2D eigenvalue weighted by atomic mass is 10.1. The number of aromatic nitrogens is 1. The van der Waals surface area contributed by atoms with Crippen molar-refractivity contribution in [1.82, 2.24) is 15.6 Å². The molecule has 116 valence electrons. The van der Waals surface area contributed by atoms with Gasteiger partial charge in [0.1, 0.15) is 0 Å². The topological polar surface area (TPSA) is 54.0 Å². The highest BCUT2D eigenvalue weighted by Crippen LogP contribution is 2.16. The molecule has 0 radical (unpaired) electrons. The third kappa shape index (κ3) is 5.95. The Labute approximate surface area is 137 Å². The highest BCUT2D eigenvalue weighted by atomic mass is 35.5. The first-order valence-corrected chi connectivity index (χ1v) is 7.40. The number of halogens is 2. The summed E-state index contributed by atoms with van der Waals surface area (Å²) in [6, 6.07) is 0.384. The van der Waals surface area contributed by atoms with Crippen LogP contribution in [0.25, 0.3) is 0 Å². The van der Waals surface area contributed by atoms with Crippen molar-refractivity contribution in [2.24, 2.45) is 0 Å². The molecule has 1 fully saturated rings. The summed E-state index contributed by atoms with van der Waals surface area (Å²) in [4.78, 5) is 17.4. The van der Waals surface area contributed by atoms with Crippen LogP contribution in [0.2, 0.25) is 0 Å². The van der Waals surface area contributed by atoms with Crippen LogP contribution < -0.4 is 10.6 Å². The fraction of sp³-hybridized carbons (Fsp3) is 0.692. The summed E-state index contributed by atoms with van der Waals surface area (Å²) in [6.45, 7) is 5.86. The van der Waals surface area contributed by atoms with Crippen molar-refractivity contribution in [3.63, 3.8) is 0 Å². The quantitative estimate of drug-likeness (QED) is 0.865. The average Bonchev–Trinajstić information content (AvgIpc) is 2.90. The van der Waals surface area contributed by atoms with Crippen molar-refractivity contribution in [2.45, 2.75) is 45.6 Å². The largest absolute Gasteiger partial charge is 0.356 e. The second kappa shape index (κ2) is 9.55. The predicted molar refractivity (Wildman–Crippen MR) is 88.4 cm³/mol. The van der Waals surface area contributed by atoms with E-state index in [0.29, 0.717) is 19.0 Å². The van der Waals surface area contributed by atoms with Crippen molar-refractivity contribution in [2.75, 3.05) is 13.1 Å². The summed E-state index contributed by atoms with van der Waals surface area (Å²) >= 11 is 1.72. The molecule has 1 amide bonds. The van der Waals surface area contributed by atoms with Crippen LogP contribution in [0.1, 0.15) is 34.8 Å². The van der Waals surface area contributed by atoms with E-state index < -0.39 is 0 Å². The summed E-state index contributed by atoms with van der Waals surface area (Å²) in [5.41, 5.74) is 1.11. The molecule has 1 unspecified atom stereocenters. The molecular formula is C13H23Cl2N3OS. The van der Waals surface area contributed by atoms with E-state index in [9.17, 15) is 4.79 Å². The third-order valence-electron chi connectivity index (χ3n) is 3.33. The van der Waals surface area contributed by atoms with Gasteiger partial charge < -0.3 is 10.6 Å². The molecule has 1 aromatic heterocycles. The van der Waals surface area contributed by atoms with Gasteiger partial charge in [-0.05, 0) is 33.2 Å². The Morgan fingerprint density at radius 1 is 1.45 bits per heavy atom. The zero-order valence-electron chi connectivity index (χ0n) is 11.9. The fourth-order valence-corrected chi connectivity index (χ4v) is 3.12. The minimum absolute atomic E-state index is 0. The Balaban J connectivity index is 0.00000180. The number of carbonyl (C=O) groups is 1. The number of carbonyl (C=O) groups excluding carboxylic acids is 1. The normalized spacial score (nSPS) is 17.2. The summed E-state index contributed by atoms with van der Waals surface area (Å²) < 4.78 is 0. The number of nitrogens with one attached hydrogen (secondary N) is 2. The lowest BCUT2D eigenvalue weighted by molar-refractivity contribution is -0.121. The van der Waals surface area contributed by atoms with Crippen LogP contribution in [-0.4, -0.2) is 30.0 Å². The Morgan fingerprint density at radius 2 is 2.20 bits per heavy atom. The van der Waals surface area contributed by atoms with Gasteiger partial charge in [-0.15, -0.1) is 36.2 Å². The van der Waals surface area contributed by atoms with Gasteiger partial charge in [-0.1, -0.05) is 0 Å². The van der Waals surface area contributed by atoms with Crippen molar-refractivity contribution in [3.05, 3.63) is 15.6 Å². The van der Waals surface area contributed by atoms with E-state index in [4.69, 9.17) is 0 Å². The second-order valence-electron chi connectivity index (χ2n) is 4.85. The molecule has 2 heterocycles. The number of thiazole rings is 1. The molecule has 0 aliphatic carbocycles. The Kier molecular flexibility index (Phi) is 9.38. The van der Waals surface area contributed by atoms with Crippen LogP contribution in [-0.2, 0) is 11.2 Å². The summed E-state index contributed by atoms with van der Waals surface area (Å²) in [6.07, 6.45) is 3.76. The number of amides is 1. The van der Waals surface area contributed by atoms with E-state index in [2.05, 4.69) is 22.5 Å². The van der Waals surface area contributed by atoms with Crippen molar-refractivity contribution < 1.29 is 4.79 Å². The first-order chi connectivity index (χ1) is 8.65. The molecule has 0 aromatic carbocycles. The number of nitrogens with zero attached hydrogens (tertiary/aromatic N) is 1. The second-order valence-corrected chi connectivity index (χ2v) is 6.13. The van der Waals surface area contributed by atoms with Crippen molar-refractivity contribution >= 4 is 42.1 Å². The third-order valence-corrected chi connectivity index (χ3v) is 4.46. The SMILES string of the molecule is Cc1nc(CCNC(=O)CC2CCCN2)sc1C.Cl.Cl. The molecule has 1 aromatic rings. The summed E-state index contributed by atoms with van der Waals surface area (Å²) in [5, 5.41) is 7.42. The Bertz CT molecular complexity index is 400. The lowest BCUT2D eigenvalue weighted by Gasteiger charge is -2.09.